The predicted molar refractivity (Wildman–Crippen MR) is 47.1 cm³/mol. The molecule has 2 aliphatic rings. The molecule has 1 spiro atoms. The summed E-state index contributed by atoms with van der Waals surface area (Å²) in [4.78, 5) is 0. The van der Waals surface area contributed by atoms with Crippen LogP contribution in [0, 0.1) is 6.92 Å². The van der Waals surface area contributed by atoms with Crippen LogP contribution >= 0.6 is 0 Å². The molecule has 1 heteroatoms. The lowest BCUT2D eigenvalue weighted by Gasteiger charge is -2.04. The van der Waals surface area contributed by atoms with Crippen molar-refractivity contribution in [3.63, 3.8) is 0 Å². The molecule has 1 saturated heterocycles. The smallest absolute Gasteiger partial charge is 0.117 e. The Balaban J connectivity index is 2.18. The first kappa shape index (κ1) is 6.67. The van der Waals surface area contributed by atoms with E-state index < -0.39 is 0 Å². The van der Waals surface area contributed by atoms with E-state index in [0.717, 1.165) is 6.61 Å². The maximum Gasteiger partial charge on any atom is 0.117 e. The van der Waals surface area contributed by atoms with Crippen LogP contribution in [0.5, 0.6) is 0 Å². The minimum absolute atomic E-state index is 0.170. The lowest BCUT2D eigenvalue weighted by molar-refractivity contribution is 0.308. The molecule has 1 unspecified atom stereocenters. The second-order valence-electron chi connectivity index (χ2n) is 3.94. The Kier molecular flexibility index (Phi) is 1.06. The molecule has 1 atom stereocenters. The molecular weight excluding hydrogens is 148 g/mol. The lowest BCUT2D eigenvalue weighted by atomic mass is 10.0. The monoisotopic (exact) mass is 160 g/mol. The molecule has 0 N–H and O–H groups in total. The van der Waals surface area contributed by atoms with Crippen LogP contribution in [-0.4, -0.2) is 6.61 Å². The Morgan fingerprint density at radius 1 is 1.42 bits per heavy atom. The lowest BCUT2D eigenvalue weighted by Crippen LogP contribution is -2.01. The van der Waals surface area contributed by atoms with E-state index in [1.54, 1.807) is 0 Å². The second-order valence-corrected chi connectivity index (χ2v) is 3.94. The van der Waals surface area contributed by atoms with Crippen LogP contribution in [-0.2, 0) is 16.8 Å². The summed E-state index contributed by atoms with van der Waals surface area (Å²) in [6.07, 6.45) is 2.41. The maximum absolute atomic E-state index is 5.52. The van der Waals surface area contributed by atoms with Gasteiger partial charge in [-0.1, -0.05) is 23.8 Å². The first-order valence-corrected chi connectivity index (χ1v) is 4.54. The molecule has 62 valence electrons. The summed E-state index contributed by atoms with van der Waals surface area (Å²) in [5.41, 5.74) is 4.50. The van der Waals surface area contributed by atoms with Crippen LogP contribution in [0.2, 0.25) is 0 Å². The van der Waals surface area contributed by atoms with Crippen molar-refractivity contribution in [2.75, 3.05) is 6.61 Å². The predicted octanol–water partition coefficient (Wildman–Crippen LogP) is 2.17. The third-order valence-corrected chi connectivity index (χ3v) is 3.04. The maximum atomic E-state index is 5.52. The minimum atomic E-state index is 0.170. The molecule has 0 radical (unpaired) electrons. The van der Waals surface area contributed by atoms with Gasteiger partial charge < -0.3 is 4.74 Å². The number of aryl methyl sites for hydroxylation is 2. The van der Waals surface area contributed by atoms with Gasteiger partial charge in [0.25, 0.3) is 0 Å². The van der Waals surface area contributed by atoms with Crippen LogP contribution in [0.1, 0.15) is 23.1 Å². The van der Waals surface area contributed by atoms with E-state index in [9.17, 15) is 0 Å². The molecular formula is C11H12O. The highest BCUT2D eigenvalue weighted by atomic mass is 16.6. The number of fused-ring (bicyclic) bond motifs is 2. The van der Waals surface area contributed by atoms with Crippen molar-refractivity contribution in [1.82, 2.24) is 0 Å². The summed E-state index contributed by atoms with van der Waals surface area (Å²) in [6, 6.07) is 6.73. The van der Waals surface area contributed by atoms with E-state index in [-0.39, 0.29) is 5.60 Å². The largest absolute Gasteiger partial charge is 0.364 e. The highest BCUT2D eigenvalue weighted by molar-refractivity contribution is 5.42. The Morgan fingerprint density at radius 2 is 2.25 bits per heavy atom. The van der Waals surface area contributed by atoms with E-state index in [1.807, 2.05) is 0 Å². The van der Waals surface area contributed by atoms with Crippen molar-refractivity contribution in [3.8, 4) is 0 Å². The van der Waals surface area contributed by atoms with Crippen molar-refractivity contribution in [2.24, 2.45) is 0 Å². The summed E-state index contributed by atoms with van der Waals surface area (Å²) in [5.74, 6) is 0. The van der Waals surface area contributed by atoms with Gasteiger partial charge in [0.05, 0.1) is 6.61 Å². The third-order valence-electron chi connectivity index (χ3n) is 3.04. The molecule has 0 bridgehead atoms. The summed E-state index contributed by atoms with van der Waals surface area (Å²) >= 11 is 0. The molecule has 1 heterocycles. The zero-order valence-corrected chi connectivity index (χ0v) is 7.26. The summed E-state index contributed by atoms with van der Waals surface area (Å²) in [6.45, 7) is 3.10. The summed E-state index contributed by atoms with van der Waals surface area (Å²) < 4.78 is 5.52. The average Bonchev–Trinajstić information content (AvgIpc) is 2.73. The van der Waals surface area contributed by atoms with Gasteiger partial charge in [-0.25, -0.2) is 0 Å². The van der Waals surface area contributed by atoms with Crippen molar-refractivity contribution in [1.29, 1.82) is 0 Å². The molecule has 0 aromatic heterocycles. The van der Waals surface area contributed by atoms with Gasteiger partial charge in [-0.15, -0.1) is 0 Å². The molecule has 12 heavy (non-hydrogen) atoms. The number of benzene rings is 1. The van der Waals surface area contributed by atoms with Gasteiger partial charge in [-0.05, 0) is 30.9 Å². The fourth-order valence-electron chi connectivity index (χ4n) is 2.23. The van der Waals surface area contributed by atoms with E-state index in [2.05, 4.69) is 25.1 Å². The zero-order valence-electron chi connectivity index (χ0n) is 7.26. The Morgan fingerprint density at radius 3 is 3.00 bits per heavy atom. The minimum Gasteiger partial charge on any atom is -0.364 e. The first-order valence-electron chi connectivity index (χ1n) is 4.54. The Bertz CT molecular complexity index is 337. The van der Waals surface area contributed by atoms with Crippen molar-refractivity contribution >= 4 is 0 Å². The normalized spacial score (nSPS) is 30.8. The molecule has 1 nitrogen and oxygen atoms in total. The van der Waals surface area contributed by atoms with Gasteiger partial charge in [-0.2, -0.15) is 0 Å². The molecule has 1 aromatic rings. The average molecular weight is 160 g/mol. The van der Waals surface area contributed by atoms with Crippen molar-refractivity contribution < 1.29 is 4.74 Å². The topological polar surface area (TPSA) is 12.5 Å². The van der Waals surface area contributed by atoms with Crippen molar-refractivity contribution in [3.05, 3.63) is 34.9 Å². The number of hydrogen-bond acceptors (Lipinski definition) is 1. The summed E-state index contributed by atoms with van der Waals surface area (Å²) in [7, 11) is 0. The van der Waals surface area contributed by atoms with E-state index >= 15 is 0 Å². The Labute approximate surface area is 72.4 Å². The number of epoxide rings is 1. The van der Waals surface area contributed by atoms with Crippen molar-refractivity contribution in [2.45, 2.75) is 25.4 Å². The molecule has 0 amide bonds. The molecule has 1 aliphatic heterocycles. The van der Waals surface area contributed by atoms with Gasteiger partial charge >= 0.3 is 0 Å². The Hall–Kier alpha value is -0.820. The van der Waals surface area contributed by atoms with Crippen LogP contribution in [0.15, 0.2) is 18.2 Å². The highest BCUT2D eigenvalue weighted by Crippen LogP contribution is 2.49. The fourth-order valence-corrected chi connectivity index (χ4v) is 2.23. The van der Waals surface area contributed by atoms with Crippen LogP contribution in [0.25, 0.3) is 0 Å². The van der Waals surface area contributed by atoms with Crippen LogP contribution in [0.3, 0.4) is 0 Å². The molecule has 1 aromatic carbocycles. The molecule has 3 rings (SSSR count). The van der Waals surface area contributed by atoms with Gasteiger partial charge in [0.2, 0.25) is 0 Å². The molecule has 1 aliphatic carbocycles. The first-order chi connectivity index (χ1) is 5.80. The fraction of sp³-hybridized carbons (Fsp3) is 0.455. The van der Waals surface area contributed by atoms with Gasteiger partial charge in [0.15, 0.2) is 0 Å². The van der Waals surface area contributed by atoms with Crippen LogP contribution in [0.4, 0.5) is 0 Å². The quantitative estimate of drug-likeness (QED) is 0.530. The second kappa shape index (κ2) is 1.91. The summed E-state index contributed by atoms with van der Waals surface area (Å²) in [5, 5.41) is 0. The number of rotatable bonds is 0. The van der Waals surface area contributed by atoms with E-state index in [4.69, 9.17) is 4.74 Å². The molecule has 1 fully saturated rings. The number of hydrogen-bond donors (Lipinski definition) is 0. The highest BCUT2D eigenvalue weighted by Gasteiger charge is 2.50. The zero-order chi connectivity index (χ0) is 8.18. The SMILES string of the molecule is Cc1ccc2c(c1)CCC21CO1. The van der Waals surface area contributed by atoms with Gasteiger partial charge in [0, 0.05) is 0 Å². The number of ether oxygens (including phenoxy) is 1. The standard InChI is InChI=1S/C11H12O/c1-8-2-3-10-9(6-8)4-5-11(10)7-12-11/h2-3,6H,4-5,7H2,1H3. The van der Waals surface area contributed by atoms with E-state index in [1.165, 1.54) is 29.5 Å². The van der Waals surface area contributed by atoms with Gasteiger partial charge in [-0.3, -0.25) is 0 Å². The van der Waals surface area contributed by atoms with E-state index in [0.29, 0.717) is 0 Å². The third kappa shape index (κ3) is 0.721. The van der Waals surface area contributed by atoms with Gasteiger partial charge in [0.1, 0.15) is 5.60 Å². The molecule has 0 saturated carbocycles. The van der Waals surface area contributed by atoms with Crippen LogP contribution < -0.4 is 0 Å².